The van der Waals surface area contributed by atoms with Crippen LogP contribution in [0.4, 0.5) is 0 Å². The fourth-order valence-electron chi connectivity index (χ4n) is 2.22. The first-order valence-electron chi connectivity index (χ1n) is 7.84. The quantitative estimate of drug-likeness (QED) is 0.535. The first-order chi connectivity index (χ1) is 12.1. The molecule has 25 heavy (non-hydrogen) atoms. The number of methoxy groups -OCH3 is 2. The largest absolute Gasteiger partial charge is 0.493 e. The van der Waals surface area contributed by atoms with Gasteiger partial charge in [-0.3, -0.25) is 4.68 Å². The van der Waals surface area contributed by atoms with Crippen LogP contribution in [0.1, 0.15) is 18.3 Å². The van der Waals surface area contributed by atoms with Gasteiger partial charge in [0.2, 0.25) is 0 Å². The van der Waals surface area contributed by atoms with E-state index in [1.54, 1.807) is 18.9 Å². The lowest BCUT2D eigenvalue weighted by molar-refractivity contribution is 0.352. The van der Waals surface area contributed by atoms with Crippen molar-refractivity contribution < 1.29 is 9.47 Å². The highest BCUT2D eigenvalue weighted by atomic mass is 79.9. The van der Waals surface area contributed by atoms with E-state index in [1.165, 1.54) is 6.33 Å². The Hall–Kier alpha value is -2.29. The van der Waals surface area contributed by atoms with Crippen molar-refractivity contribution in [3.63, 3.8) is 0 Å². The van der Waals surface area contributed by atoms with Crippen molar-refractivity contribution in [1.82, 2.24) is 25.4 Å². The van der Waals surface area contributed by atoms with Crippen LogP contribution in [0, 0.1) is 0 Å². The second-order valence-electron chi connectivity index (χ2n) is 5.16. The minimum absolute atomic E-state index is 0.493. The smallest absolute Gasteiger partial charge is 0.191 e. The predicted molar refractivity (Wildman–Crippen MR) is 99.9 cm³/mol. The highest BCUT2D eigenvalue weighted by molar-refractivity contribution is 9.10. The molecule has 1 aromatic heterocycles. The summed E-state index contributed by atoms with van der Waals surface area (Å²) in [5, 5.41) is 10.5. The Balaban J connectivity index is 2.10. The maximum absolute atomic E-state index is 5.37. The molecule has 0 spiro atoms. The number of hydrogen-bond acceptors (Lipinski definition) is 5. The van der Waals surface area contributed by atoms with Gasteiger partial charge in [-0.2, -0.15) is 5.10 Å². The Kier molecular flexibility index (Phi) is 7.05. The summed E-state index contributed by atoms with van der Waals surface area (Å²) in [7, 11) is 5.08. The number of aliphatic imine (C=N–C) groups is 1. The molecule has 1 heterocycles. The second-order valence-corrected chi connectivity index (χ2v) is 6.02. The molecule has 0 atom stereocenters. The fraction of sp³-hybridized carbons (Fsp3) is 0.438. The Bertz CT molecular complexity index is 731. The standard InChI is InChI=1S/C16H23BrN6O2/c1-5-18-16(20-9-14-21-10-22-23(14)2)19-8-11-6-12(17)15(25-4)13(7-11)24-3/h6-7,10H,5,8-9H2,1-4H3,(H2,18,19,20). The number of benzene rings is 1. The normalized spacial score (nSPS) is 11.3. The van der Waals surface area contributed by atoms with Gasteiger partial charge in [0, 0.05) is 13.6 Å². The number of halogens is 1. The molecular formula is C16H23BrN6O2. The number of guanidine groups is 1. The first kappa shape index (κ1) is 19.0. The minimum atomic E-state index is 0.493. The molecule has 8 nitrogen and oxygen atoms in total. The van der Waals surface area contributed by atoms with E-state index in [0.29, 0.717) is 30.5 Å². The molecule has 0 unspecified atom stereocenters. The number of rotatable bonds is 7. The minimum Gasteiger partial charge on any atom is -0.493 e. The van der Waals surface area contributed by atoms with Crippen molar-refractivity contribution in [3.05, 3.63) is 34.3 Å². The molecule has 9 heteroatoms. The van der Waals surface area contributed by atoms with Gasteiger partial charge in [0.05, 0.1) is 31.8 Å². The van der Waals surface area contributed by atoms with E-state index in [9.17, 15) is 0 Å². The molecule has 0 saturated heterocycles. The van der Waals surface area contributed by atoms with Crippen LogP contribution in [0.15, 0.2) is 27.9 Å². The van der Waals surface area contributed by atoms with Crippen LogP contribution >= 0.6 is 15.9 Å². The molecular weight excluding hydrogens is 388 g/mol. The van der Waals surface area contributed by atoms with Crippen LogP contribution in [0.25, 0.3) is 0 Å². The predicted octanol–water partition coefficient (Wildman–Crippen LogP) is 1.85. The number of aryl methyl sites for hydroxylation is 1. The Labute approximate surface area is 155 Å². The molecule has 136 valence electrons. The van der Waals surface area contributed by atoms with Gasteiger partial charge in [0.15, 0.2) is 17.5 Å². The third-order valence-electron chi connectivity index (χ3n) is 3.48. The Morgan fingerprint density at radius 2 is 2.08 bits per heavy atom. The molecule has 0 radical (unpaired) electrons. The van der Waals surface area contributed by atoms with Gasteiger partial charge < -0.3 is 20.1 Å². The molecule has 2 aromatic rings. The van der Waals surface area contributed by atoms with E-state index in [2.05, 4.69) is 41.6 Å². The molecule has 2 rings (SSSR count). The lowest BCUT2D eigenvalue weighted by atomic mass is 10.2. The highest BCUT2D eigenvalue weighted by Crippen LogP contribution is 2.36. The zero-order valence-electron chi connectivity index (χ0n) is 14.8. The van der Waals surface area contributed by atoms with E-state index in [0.717, 1.165) is 22.4 Å². The summed E-state index contributed by atoms with van der Waals surface area (Å²) in [6.45, 7) is 3.82. The average Bonchev–Trinajstić information content (AvgIpc) is 3.01. The van der Waals surface area contributed by atoms with Crippen molar-refractivity contribution in [2.45, 2.75) is 20.0 Å². The summed E-state index contributed by atoms with van der Waals surface area (Å²) in [6.07, 6.45) is 1.53. The van der Waals surface area contributed by atoms with Gasteiger partial charge in [0.1, 0.15) is 12.2 Å². The maximum atomic E-state index is 5.37. The van der Waals surface area contributed by atoms with Gasteiger partial charge >= 0.3 is 0 Å². The van der Waals surface area contributed by atoms with Crippen molar-refractivity contribution in [3.8, 4) is 11.5 Å². The molecule has 0 aliphatic heterocycles. The van der Waals surface area contributed by atoms with E-state index in [4.69, 9.17) is 9.47 Å². The number of aromatic nitrogens is 3. The summed E-state index contributed by atoms with van der Waals surface area (Å²) >= 11 is 3.50. The van der Waals surface area contributed by atoms with Crippen molar-refractivity contribution in [2.75, 3.05) is 20.8 Å². The molecule has 0 amide bonds. The van der Waals surface area contributed by atoms with Crippen molar-refractivity contribution in [2.24, 2.45) is 12.0 Å². The molecule has 0 fully saturated rings. The lowest BCUT2D eigenvalue weighted by Gasteiger charge is -2.13. The maximum Gasteiger partial charge on any atom is 0.191 e. The monoisotopic (exact) mass is 410 g/mol. The van der Waals surface area contributed by atoms with E-state index >= 15 is 0 Å². The SMILES string of the molecule is CCNC(=NCc1cc(Br)c(OC)c(OC)c1)NCc1ncnn1C. The number of nitrogens with one attached hydrogen (secondary N) is 2. The zero-order chi connectivity index (χ0) is 18.2. The van der Waals surface area contributed by atoms with Crippen LogP contribution in [0.3, 0.4) is 0 Å². The van der Waals surface area contributed by atoms with Gasteiger partial charge in [-0.05, 0) is 40.5 Å². The van der Waals surface area contributed by atoms with Crippen molar-refractivity contribution in [1.29, 1.82) is 0 Å². The van der Waals surface area contributed by atoms with Crippen LogP contribution in [-0.4, -0.2) is 41.5 Å². The zero-order valence-corrected chi connectivity index (χ0v) is 16.4. The van der Waals surface area contributed by atoms with Crippen LogP contribution in [-0.2, 0) is 20.1 Å². The second kappa shape index (κ2) is 9.26. The molecule has 0 bridgehead atoms. The number of hydrogen-bond donors (Lipinski definition) is 2. The lowest BCUT2D eigenvalue weighted by Crippen LogP contribution is -2.37. The van der Waals surface area contributed by atoms with Crippen LogP contribution in [0.2, 0.25) is 0 Å². The summed E-state index contributed by atoms with van der Waals surface area (Å²) in [5.74, 6) is 2.87. The van der Waals surface area contributed by atoms with Gasteiger partial charge in [-0.15, -0.1) is 0 Å². The summed E-state index contributed by atoms with van der Waals surface area (Å²) in [4.78, 5) is 8.79. The summed E-state index contributed by atoms with van der Waals surface area (Å²) < 4.78 is 13.3. The van der Waals surface area contributed by atoms with Gasteiger partial charge in [-0.25, -0.2) is 9.98 Å². The third kappa shape index (κ3) is 5.09. The molecule has 0 saturated carbocycles. The Morgan fingerprint density at radius 3 is 2.68 bits per heavy atom. The molecule has 0 aliphatic carbocycles. The molecule has 2 N–H and O–H groups in total. The average molecular weight is 411 g/mol. The summed E-state index contributed by atoms with van der Waals surface area (Å²) in [6, 6.07) is 3.89. The van der Waals surface area contributed by atoms with Crippen LogP contribution < -0.4 is 20.1 Å². The van der Waals surface area contributed by atoms with E-state index in [-0.39, 0.29) is 0 Å². The van der Waals surface area contributed by atoms with E-state index < -0.39 is 0 Å². The number of ether oxygens (including phenoxy) is 2. The van der Waals surface area contributed by atoms with Gasteiger partial charge in [-0.1, -0.05) is 0 Å². The number of nitrogens with zero attached hydrogens (tertiary/aromatic N) is 4. The van der Waals surface area contributed by atoms with Gasteiger partial charge in [0.25, 0.3) is 0 Å². The van der Waals surface area contributed by atoms with E-state index in [1.807, 2.05) is 26.1 Å². The Morgan fingerprint density at radius 1 is 1.28 bits per heavy atom. The topological polar surface area (TPSA) is 85.6 Å². The summed E-state index contributed by atoms with van der Waals surface area (Å²) in [5.41, 5.74) is 1.00. The fourth-order valence-corrected chi connectivity index (χ4v) is 2.87. The van der Waals surface area contributed by atoms with Crippen LogP contribution in [0.5, 0.6) is 11.5 Å². The molecule has 0 aliphatic rings. The first-order valence-corrected chi connectivity index (χ1v) is 8.63. The third-order valence-corrected chi connectivity index (χ3v) is 4.07. The highest BCUT2D eigenvalue weighted by Gasteiger charge is 2.10. The molecule has 1 aromatic carbocycles. The van der Waals surface area contributed by atoms with Crippen molar-refractivity contribution >= 4 is 21.9 Å².